The number of nitrogen functional groups attached to an aromatic ring is 1. The molecular weight excluding hydrogens is 376 g/mol. The van der Waals surface area contributed by atoms with Gasteiger partial charge in [0, 0.05) is 63.8 Å². The second kappa shape index (κ2) is 9.49. The maximum absolute atomic E-state index is 8.80. The lowest BCUT2D eigenvalue weighted by Crippen LogP contribution is -2.45. The number of hydrogen-bond acceptors (Lipinski definition) is 8. The van der Waals surface area contributed by atoms with Gasteiger partial charge in [0.05, 0.1) is 29.0 Å². The summed E-state index contributed by atoms with van der Waals surface area (Å²) >= 11 is 0. The fourth-order valence-electron chi connectivity index (χ4n) is 3.45. The summed E-state index contributed by atoms with van der Waals surface area (Å²) in [6, 6.07) is 5.73. The zero-order valence-corrected chi connectivity index (χ0v) is 18.1. The van der Waals surface area contributed by atoms with Crippen LogP contribution in [0.4, 0.5) is 11.5 Å². The average molecular weight is 407 g/mol. The van der Waals surface area contributed by atoms with Crippen LogP contribution in [-0.4, -0.2) is 74.1 Å². The quantitative estimate of drug-likeness (QED) is 0.632. The molecular formula is C22H30N8. The summed E-state index contributed by atoms with van der Waals surface area (Å²) in [5.41, 5.74) is 10.7. The van der Waals surface area contributed by atoms with E-state index in [0.717, 1.165) is 43.1 Å². The van der Waals surface area contributed by atoms with E-state index in [0.29, 0.717) is 22.6 Å². The SMILES string of the molecule is CN=C/C(=C\NC)c1cc(C(=N)c2ccc(C)c(N3CCN(C)CC3)n2)c(N)cn1. The molecule has 158 valence electrons. The number of anilines is 2. The largest absolute Gasteiger partial charge is 0.397 e. The molecule has 8 heteroatoms. The molecule has 0 unspecified atom stereocenters. The summed E-state index contributed by atoms with van der Waals surface area (Å²) in [4.78, 5) is 17.9. The molecule has 0 radical (unpaired) electrons. The van der Waals surface area contributed by atoms with Gasteiger partial charge in [0.25, 0.3) is 0 Å². The number of aryl methyl sites for hydroxylation is 1. The minimum absolute atomic E-state index is 0.281. The normalized spacial score (nSPS) is 15.6. The summed E-state index contributed by atoms with van der Waals surface area (Å²) in [6.07, 6.45) is 5.12. The van der Waals surface area contributed by atoms with Crippen LogP contribution in [0.5, 0.6) is 0 Å². The van der Waals surface area contributed by atoms with Crippen LogP contribution in [0.3, 0.4) is 0 Å². The Morgan fingerprint density at radius 1 is 1.23 bits per heavy atom. The third-order valence-electron chi connectivity index (χ3n) is 5.20. The van der Waals surface area contributed by atoms with Crippen molar-refractivity contribution < 1.29 is 0 Å². The van der Waals surface area contributed by atoms with Crippen molar-refractivity contribution in [1.29, 1.82) is 5.41 Å². The van der Waals surface area contributed by atoms with Gasteiger partial charge in [-0.25, -0.2) is 4.98 Å². The predicted molar refractivity (Wildman–Crippen MR) is 125 cm³/mol. The highest BCUT2D eigenvalue weighted by Crippen LogP contribution is 2.23. The van der Waals surface area contributed by atoms with Crippen molar-refractivity contribution in [3.05, 3.63) is 53.1 Å². The summed E-state index contributed by atoms with van der Waals surface area (Å²) < 4.78 is 0. The van der Waals surface area contributed by atoms with Gasteiger partial charge in [-0.1, -0.05) is 6.07 Å². The third kappa shape index (κ3) is 4.65. The first-order valence-electron chi connectivity index (χ1n) is 10.0. The van der Waals surface area contributed by atoms with E-state index in [1.165, 1.54) is 0 Å². The summed E-state index contributed by atoms with van der Waals surface area (Å²) in [6.45, 7) is 5.92. The molecule has 2 aromatic heterocycles. The zero-order valence-electron chi connectivity index (χ0n) is 18.1. The predicted octanol–water partition coefficient (Wildman–Crippen LogP) is 1.80. The van der Waals surface area contributed by atoms with Gasteiger partial charge in [0.2, 0.25) is 0 Å². The highest BCUT2D eigenvalue weighted by molar-refractivity contribution is 6.14. The lowest BCUT2D eigenvalue weighted by molar-refractivity contribution is 0.312. The molecule has 2 aromatic rings. The number of likely N-dealkylation sites (N-methyl/N-ethyl adjacent to an activating group) is 1. The van der Waals surface area contributed by atoms with E-state index >= 15 is 0 Å². The number of nitrogens with zero attached hydrogens (tertiary/aromatic N) is 5. The summed E-state index contributed by atoms with van der Waals surface area (Å²) in [5, 5.41) is 11.8. The molecule has 1 aliphatic rings. The first-order valence-corrected chi connectivity index (χ1v) is 10.0. The number of pyridine rings is 2. The molecule has 0 spiro atoms. The molecule has 0 atom stereocenters. The molecule has 4 N–H and O–H groups in total. The Bertz CT molecular complexity index is 971. The standard InChI is InChI=1S/C22H30N8/c1-15-5-6-19(28-22(15)30-9-7-29(4)8-10-30)21(24)17-11-20(27-14-18(17)23)16(12-25-2)13-26-3/h5-6,11-14,24-25H,7-10,23H2,1-4H3/b16-12+,24-21?,26-13?. The number of rotatable bonds is 6. The summed E-state index contributed by atoms with van der Waals surface area (Å²) in [7, 11) is 5.66. The third-order valence-corrected chi connectivity index (χ3v) is 5.20. The number of piperazine rings is 1. The number of aliphatic imine (C=N–C) groups is 1. The average Bonchev–Trinajstić information content (AvgIpc) is 2.74. The van der Waals surface area contributed by atoms with E-state index in [1.54, 1.807) is 19.5 Å². The van der Waals surface area contributed by atoms with Crippen molar-refractivity contribution in [1.82, 2.24) is 20.2 Å². The van der Waals surface area contributed by atoms with E-state index < -0.39 is 0 Å². The number of nitrogens with two attached hydrogens (primary N) is 1. The molecule has 1 saturated heterocycles. The lowest BCUT2D eigenvalue weighted by atomic mass is 10.0. The van der Waals surface area contributed by atoms with Gasteiger partial charge in [-0.3, -0.25) is 15.4 Å². The molecule has 1 fully saturated rings. The van der Waals surface area contributed by atoms with Gasteiger partial charge < -0.3 is 20.9 Å². The molecule has 3 rings (SSSR count). The Hall–Kier alpha value is -3.26. The van der Waals surface area contributed by atoms with Crippen LogP contribution in [0.1, 0.15) is 22.5 Å². The number of allylic oxidation sites excluding steroid dienone is 1. The van der Waals surface area contributed by atoms with Crippen LogP contribution in [-0.2, 0) is 0 Å². The number of nitrogens with one attached hydrogen (secondary N) is 2. The second-order valence-electron chi connectivity index (χ2n) is 7.43. The van der Waals surface area contributed by atoms with Crippen molar-refractivity contribution in [2.75, 3.05) is 58.0 Å². The van der Waals surface area contributed by atoms with Crippen LogP contribution in [0.25, 0.3) is 5.57 Å². The number of aromatic nitrogens is 2. The zero-order chi connectivity index (χ0) is 21.7. The van der Waals surface area contributed by atoms with Crippen molar-refractivity contribution in [2.45, 2.75) is 6.92 Å². The van der Waals surface area contributed by atoms with E-state index in [4.69, 9.17) is 16.1 Å². The molecule has 0 aliphatic carbocycles. The Balaban J connectivity index is 1.96. The van der Waals surface area contributed by atoms with Crippen molar-refractivity contribution in [3.8, 4) is 0 Å². The molecule has 3 heterocycles. The van der Waals surface area contributed by atoms with Gasteiger partial charge in [-0.15, -0.1) is 0 Å². The van der Waals surface area contributed by atoms with Crippen LogP contribution in [0.15, 0.2) is 35.6 Å². The van der Waals surface area contributed by atoms with Gasteiger partial charge in [-0.2, -0.15) is 0 Å². The fraction of sp³-hybridized carbons (Fsp3) is 0.364. The van der Waals surface area contributed by atoms with Crippen LogP contribution < -0.4 is 16.0 Å². The van der Waals surface area contributed by atoms with Gasteiger partial charge in [0.15, 0.2) is 0 Å². The topological polar surface area (TPSA) is 107 Å². The van der Waals surface area contributed by atoms with Gasteiger partial charge in [0.1, 0.15) is 5.82 Å². The minimum Gasteiger partial charge on any atom is -0.397 e. The second-order valence-corrected chi connectivity index (χ2v) is 7.43. The smallest absolute Gasteiger partial charge is 0.132 e. The molecule has 0 amide bonds. The lowest BCUT2D eigenvalue weighted by Gasteiger charge is -2.34. The minimum atomic E-state index is 0.281. The molecule has 30 heavy (non-hydrogen) atoms. The first-order chi connectivity index (χ1) is 14.4. The van der Waals surface area contributed by atoms with Crippen molar-refractivity contribution in [3.63, 3.8) is 0 Å². The molecule has 0 bridgehead atoms. The van der Waals surface area contributed by atoms with Gasteiger partial charge in [-0.05, 0) is 31.7 Å². The molecule has 8 nitrogen and oxygen atoms in total. The van der Waals surface area contributed by atoms with Crippen LogP contribution >= 0.6 is 0 Å². The first kappa shape index (κ1) is 21.4. The summed E-state index contributed by atoms with van der Waals surface area (Å²) in [5.74, 6) is 0.937. The Morgan fingerprint density at radius 3 is 2.63 bits per heavy atom. The fourth-order valence-corrected chi connectivity index (χ4v) is 3.45. The monoisotopic (exact) mass is 406 g/mol. The Morgan fingerprint density at radius 2 is 1.97 bits per heavy atom. The Labute approximate surface area is 178 Å². The van der Waals surface area contributed by atoms with Crippen LogP contribution in [0, 0.1) is 12.3 Å². The number of hydrogen-bond donors (Lipinski definition) is 3. The van der Waals surface area contributed by atoms with E-state index in [2.05, 4.69) is 39.1 Å². The van der Waals surface area contributed by atoms with E-state index in [9.17, 15) is 0 Å². The maximum Gasteiger partial charge on any atom is 0.132 e. The molecule has 1 aliphatic heterocycles. The van der Waals surface area contributed by atoms with E-state index in [-0.39, 0.29) is 5.71 Å². The van der Waals surface area contributed by atoms with Gasteiger partial charge >= 0.3 is 0 Å². The highest BCUT2D eigenvalue weighted by atomic mass is 15.3. The van der Waals surface area contributed by atoms with Crippen molar-refractivity contribution >= 4 is 29.0 Å². The van der Waals surface area contributed by atoms with Crippen molar-refractivity contribution in [2.24, 2.45) is 4.99 Å². The maximum atomic E-state index is 8.80. The van der Waals surface area contributed by atoms with E-state index in [1.807, 2.05) is 31.4 Å². The highest BCUT2D eigenvalue weighted by Gasteiger charge is 2.19. The molecule has 0 aromatic carbocycles. The Kier molecular flexibility index (Phi) is 6.79. The molecule has 0 saturated carbocycles. The van der Waals surface area contributed by atoms with Crippen LogP contribution in [0.2, 0.25) is 0 Å².